The number of ether oxygens (including phenoxy) is 2. The fraction of sp³-hybridized carbons (Fsp3) is 0.392. The predicted octanol–water partition coefficient (Wildman–Crippen LogP) is 13.0. The number of carbonyl (C=O) groups is 1. The molecule has 58 heavy (non-hydrogen) atoms. The third kappa shape index (κ3) is 12.6. The Kier molecular flexibility index (Phi) is 17.7. The minimum atomic E-state index is -0.885. The van der Waals surface area contributed by atoms with Crippen LogP contribution in [0.5, 0.6) is 17.2 Å². The number of hydrogen-bond donors (Lipinski definition) is 2. The Morgan fingerprint density at radius 2 is 1.29 bits per heavy atom. The van der Waals surface area contributed by atoms with Crippen LogP contribution in [0.4, 0.5) is 0 Å². The zero-order chi connectivity index (χ0) is 41.9. The van der Waals surface area contributed by atoms with Crippen LogP contribution < -0.4 is 9.47 Å². The molecule has 0 spiro atoms. The number of phenols is 1. The molecular formula is C51H60N2O5. The SMILES string of the molecule is CCC(C)COc1ccc(-c2ccc(O)cc2)cc1C#N.CCCCCCCCC1(c2ccccc2-c2ccc(OCC(C)CC)c(C#N)c2)C=CC(C(=O)O)=CC1. The van der Waals surface area contributed by atoms with E-state index in [1.807, 2.05) is 60.7 Å². The van der Waals surface area contributed by atoms with Gasteiger partial charge in [0, 0.05) is 5.41 Å². The maximum Gasteiger partial charge on any atom is 0.335 e. The summed E-state index contributed by atoms with van der Waals surface area (Å²) in [7, 11) is 0. The van der Waals surface area contributed by atoms with Gasteiger partial charge in [-0.05, 0) is 88.9 Å². The van der Waals surface area contributed by atoms with Gasteiger partial charge in [0.25, 0.3) is 0 Å². The van der Waals surface area contributed by atoms with E-state index < -0.39 is 5.97 Å². The van der Waals surface area contributed by atoms with Crippen LogP contribution >= 0.6 is 0 Å². The standard InChI is InChI=1S/C33H41NO3.C18H19NO2/c1-4-6-7-8-9-12-19-33(20-17-26(18-21-33)32(35)36)30-14-11-10-13-29(30)27-15-16-31(28(22-27)23-34)37-24-25(3)5-2;1-3-13(2)12-21-18-9-6-15(10-16(18)11-19)14-4-7-17(20)8-5-14/h10-11,13-18,20,22,25H,4-9,12,19,21,24H2,1-3H3,(H,35,36);4-10,13,20H,3,12H2,1-2H3. The molecule has 0 amide bonds. The molecule has 1 aliphatic carbocycles. The molecule has 7 heteroatoms. The summed E-state index contributed by atoms with van der Waals surface area (Å²) in [5, 5.41) is 38.0. The second kappa shape index (κ2) is 22.8. The summed E-state index contributed by atoms with van der Waals surface area (Å²) in [6, 6.07) is 31.2. The summed E-state index contributed by atoms with van der Waals surface area (Å²) >= 11 is 0. The molecule has 5 rings (SSSR count). The smallest absolute Gasteiger partial charge is 0.335 e. The van der Waals surface area contributed by atoms with Crippen molar-refractivity contribution in [2.75, 3.05) is 13.2 Å². The molecule has 1 aliphatic rings. The lowest BCUT2D eigenvalue weighted by Crippen LogP contribution is -2.26. The summed E-state index contributed by atoms with van der Waals surface area (Å²) in [6.45, 7) is 11.9. The van der Waals surface area contributed by atoms with E-state index in [0.29, 0.717) is 59.7 Å². The maximum atomic E-state index is 11.6. The minimum absolute atomic E-state index is 0.229. The van der Waals surface area contributed by atoms with E-state index in [9.17, 15) is 25.5 Å². The van der Waals surface area contributed by atoms with Gasteiger partial charge < -0.3 is 19.7 Å². The number of allylic oxidation sites excluding steroid dienone is 2. The van der Waals surface area contributed by atoms with Crippen LogP contribution in [0.15, 0.2) is 109 Å². The molecule has 4 aromatic rings. The number of nitriles is 2. The third-order valence-electron chi connectivity index (χ3n) is 11.1. The number of nitrogens with zero attached hydrogens (tertiary/aromatic N) is 2. The molecule has 2 N–H and O–H groups in total. The Bertz CT molecular complexity index is 2090. The molecule has 304 valence electrons. The number of aromatic hydroxyl groups is 1. The Morgan fingerprint density at radius 1 is 0.741 bits per heavy atom. The van der Waals surface area contributed by atoms with E-state index in [1.54, 1.807) is 18.2 Å². The zero-order valence-electron chi connectivity index (χ0n) is 35.0. The summed E-state index contributed by atoms with van der Waals surface area (Å²) in [4.78, 5) is 11.6. The fourth-order valence-electron chi connectivity index (χ4n) is 6.93. The van der Waals surface area contributed by atoms with Crippen LogP contribution in [0.2, 0.25) is 0 Å². The monoisotopic (exact) mass is 780 g/mol. The average molecular weight is 781 g/mol. The fourth-order valence-corrected chi connectivity index (χ4v) is 6.93. The van der Waals surface area contributed by atoms with Gasteiger partial charge >= 0.3 is 5.97 Å². The van der Waals surface area contributed by atoms with E-state index in [1.165, 1.54) is 37.7 Å². The largest absolute Gasteiger partial charge is 0.508 e. The topological polar surface area (TPSA) is 124 Å². The highest BCUT2D eigenvalue weighted by Crippen LogP contribution is 2.44. The lowest BCUT2D eigenvalue weighted by molar-refractivity contribution is -0.132. The summed E-state index contributed by atoms with van der Waals surface area (Å²) < 4.78 is 11.7. The number of aliphatic carboxylic acids is 1. The number of hydrogen-bond acceptors (Lipinski definition) is 6. The summed E-state index contributed by atoms with van der Waals surface area (Å²) in [5.74, 6) is 1.48. The predicted molar refractivity (Wildman–Crippen MR) is 234 cm³/mol. The molecule has 3 atom stereocenters. The van der Waals surface area contributed by atoms with Crippen molar-refractivity contribution in [3.63, 3.8) is 0 Å². The van der Waals surface area contributed by atoms with Crippen LogP contribution in [0.3, 0.4) is 0 Å². The van der Waals surface area contributed by atoms with E-state index in [0.717, 1.165) is 47.9 Å². The Labute approximate surface area is 346 Å². The normalized spacial score (nSPS) is 15.5. The van der Waals surface area contributed by atoms with Crippen LogP contribution in [-0.4, -0.2) is 29.4 Å². The molecule has 7 nitrogen and oxygen atoms in total. The number of benzene rings is 4. The Balaban J connectivity index is 0.000000299. The van der Waals surface area contributed by atoms with Gasteiger partial charge in [-0.2, -0.15) is 10.5 Å². The van der Waals surface area contributed by atoms with E-state index in [4.69, 9.17) is 9.47 Å². The zero-order valence-corrected chi connectivity index (χ0v) is 35.0. The van der Waals surface area contributed by atoms with E-state index in [2.05, 4.69) is 71.0 Å². The van der Waals surface area contributed by atoms with E-state index in [-0.39, 0.29) is 11.2 Å². The molecule has 3 unspecified atom stereocenters. The number of phenolic OH excluding ortho intramolecular Hbond substituents is 1. The van der Waals surface area contributed by atoms with Crippen molar-refractivity contribution in [2.24, 2.45) is 11.8 Å². The highest BCUT2D eigenvalue weighted by atomic mass is 16.5. The number of rotatable bonds is 19. The second-order valence-electron chi connectivity index (χ2n) is 15.6. The van der Waals surface area contributed by atoms with Crippen LogP contribution in [0, 0.1) is 34.5 Å². The van der Waals surface area contributed by atoms with Gasteiger partial charge in [0.05, 0.1) is 29.9 Å². The average Bonchev–Trinajstić information content (AvgIpc) is 3.26. The van der Waals surface area contributed by atoms with Crippen molar-refractivity contribution in [3.05, 3.63) is 125 Å². The summed E-state index contributed by atoms with van der Waals surface area (Å²) in [5.41, 5.74) is 6.26. The quantitative estimate of drug-likeness (QED) is 0.0908. The van der Waals surface area contributed by atoms with Crippen molar-refractivity contribution < 1.29 is 24.5 Å². The first kappa shape index (κ1) is 44.9. The third-order valence-corrected chi connectivity index (χ3v) is 11.1. The van der Waals surface area contributed by atoms with E-state index >= 15 is 0 Å². The molecule has 0 bridgehead atoms. The lowest BCUT2D eigenvalue weighted by atomic mass is 9.69. The highest BCUT2D eigenvalue weighted by molar-refractivity contribution is 5.90. The number of carboxylic acids is 1. The van der Waals surface area contributed by atoms with Crippen molar-refractivity contribution >= 4 is 5.97 Å². The minimum Gasteiger partial charge on any atom is -0.508 e. The van der Waals surface area contributed by atoms with Crippen LogP contribution in [-0.2, 0) is 10.2 Å². The van der Waals surface area contributed by atoms with Gasteiger partial charge in [-0.25, -0.2) is 4.79 Å². The highest BCUT2D eigenvalue weighted by Gasteiger charge is 2.33. The number of carboxylic acid groups (broad SMARTS) is 1. The molecule has 4 aromatic carbocycles. The van der Waals surface area contributed by atoms with Gasteiger partial charge in [0.1, 0.15) is 29.4 Å². The van der Waals surface area contributed by atoms with Gasteiger partial charge in [0.2, 0.25) is 0 Å². The molecule has 0 aromatic heterocycles. The first-order chi connectivity index (χ1) is 28.1. The molecule has 0 radical (unpaired) electrons. The molecule has 0 fully saturated rings. The molecule has 0 heterocycles. The Hall–Kier alpha value is -5.79. The van der Waals surface area contributed by atoms with Crippen molar-refractivity contribution in [2.45, 2.75) is 104 Å². The van der Waals surface area contributed by atoms with Gasteiger partial charge in [-0.15, -0.1) is 0 Å². The van der Waals surface area contributed by atoms with Crippen molar-refractivity contribution in [1.82, 2.24) is 0 Å². The van der Waals surface area contributed by atoms with Crippen molar-refractivity contribution in [3.8, 4) is 51.6 Å². The lowest BCUT2D eigenvalue weighted by Gasteiger charge is -2.35. The van der Waals surface area contributed by atoms with Gasteiger partial charge in [-0.1, -0.05) is 153 Å². The van der Waals surface area contributed by atoms with Crippen LogP contribution in [0.1, 0.15) is 116 Å². The maximum absolute atomic E-state index is 11.6. The second-order valence-corrected chi connectivity index (χ2v) is 15.6. The summed E-state index contributed by atoms with van der Waals surface area (Å²) in [6.07, 6.45) is 16.7. The molecule has 0 saturated carbocycles. The molecule has 0 aliphatic heterocycles. The molecular weight excluding hydrogens is 721 g/mol. The van der Waals surface area contributed by atoms with Crippen LogP contribution in [0.25, 0.3) is 22.3 Å². The first-order valence-electron chi connectivity index (χ1n) is 20.9. The van der Waals surface area contributed by atoms with Gasteiger partial charge in [-0.3, -0.25) is 0 Å². The Morgan fingerprint density at radius 3 is 1.84 bits per heavy atom. The molecule has 0 saturated heterocycles. The first-order valence-corrected chi connectivity index (χ1v) is 20.9. The van der Waals surface area contributed by atoms with Gasteiger partial charge in [0.15, 0.2) is 0 Å². The van der Waals surface area contributed by atoms with Crippen molar-refractivity contribution in [1.29, 1.82) is 10.5 Å². The number of unbranched alkanes of at least 4 members (excludes halogenated alkanes) is 5.